The van der Waals surface area contributed by atoms with Crippen LogP contribution in [0.1, 0.15) is 13.8 Å². The first-order valence-corrected chi connectivity index (χ1v) is 8.66. The number of hydrogen-bond acceptors (Lipinski definition) is 5. The van der Waals surface area contributed by atoms with Gasteiger partial charge in [0.05, 0.1) is 17.6 Å². The molecule has 3 rings (SSSR count). The van der Waals surface area contributed by atoms with Crippen LogP contribution >= 0.6 is 11.6 Å². The summed E-state index contributed by atoms with van der Waals surface area (Å²) in [6.45, 7) is 6.00. The number of nitrogens with one attached hydrogen (secondary N) is 1. The number of ether oxygens (including phenoxy) is 1. The van der Waals surface area contributed by atoms with Crippen LogP contribution in [0.15, 0.2) is 42.5 Å². The molecule has 0 atom stereocenters. The number of aromatic nitrogens is 2. The first-order valence-electron chi connectivity index (χ1n) is 8.28. The maximum atomic E-state index is 6.20. The summed E-state index contributed by atoms with van der Waals surface area (Å²) >= 11 is 6.20. The van der Waals surface area contributed by atoms with E-state index in [-0.39, 0.29) is 0 Å². The monoisotopic (exact) mass is 356 g/mol. The summed E-state index contributed by atoms with van der Waals surface area (Å²) in [6.07, 6.45) is 0. The number of nitrogens with zero attached hydrogens (tertiary/aromatic N) is 3. The van der Waals surface area contributed by atoms with Gasteiger partial charge in [-0.1, -0.05) is 23.7 Å². The maximum Gasteiger partial charge on any atom is 0.229 e. The van der Waals surface area contributed by atoms with E-state index in [4.69, 9.17) is 21.3 Å². The highest BCUT2D eigenvalue weighted by Crippen LogP contribution is 2.30. The molecule has 0 unspecified atom stereocenters. The molecule has 0 saturated heterocycles. The SMILES string of the molecule is CCN(CC)c1nc(Nc2ccc(OC)c(Cl)c2)nc2ccccc12. The average Bonchev–Trinajstić information content (AvgIpc) is 2.63. The van der Waals surface area contributed by atoms with Crippen LogP contribution < -0.4 is 15.0 Å². The summed E-state index contributed by atoms with van der Waals surface area (Å²) in [4.78, 5) is 11.6. The van der Waals surface area contributed by atoms with Crippen molar-refractivity contribution >= 4 is 40.0 Å². The Labute approximate surface area is 152 Å². The third-order valence-electron chi connectivity index (χ3n) is 4.05. The molecule has 25 heavy (non-hydrogen) atoms. The highest BCUT2D eigenvalue weighted by molar-refractivity contribution is 6.32. The molecule has 3 aromatic rings. The Kier molecular flexibility index (Phi) is 5.24. The Hall–Kier alpha value is -2.53. The minimum absolute atomic E-state index is 0.539. The van der Waals surface area contributed by atoms with Gasteiger partial charge in [0.15, 0.2) is 0 Å². The van der Waals surface area contributed by atoms with Crippen LogP contribution in [0.25, 0.3) is 10.9 Å². The van der Waals surface area contributed by atoms with E-state index in [1.54, 1.807) is 13.2 Å². The summed E-state index contributed by atoms with van der Waals surface area (Å²) in [6, 6.07) is 13.5. The topological polar surface area (TPSA) is 50.3 Å². The van der Waals surface area contributed by atoms with Gasteiger partial charge < -0.3 is 15.0 Å². The number of anilines is 3. The second-order valence-electron chi connectivity index (χ2n) is 5.53. The van der Waals surface area contributed by atoms with Crippen molar-refractivity contribution in [2.24, 2.45) is 0 Å². The summed E-state index contributed by atoms with van der Waals surface area (Å²) in [5.41, 5.74) is 1.72. The first-order chi connectivity index (χ1) is 12.2. The normalized spacial score (nSPS) is 10.7. The molecule has 0 fully saturated rings. The van der Waals surface area contributed by atoms with E-state index in [1.165, 1.54) is 0 Å². The molecule has 0 amide bonds. The number of para-hydroxylation sites is 1. The molecule has 1 heterocycles. The second kappa shape index (κ2) is 7.57. The van der Waals surface area contributed by atoms with Crippen LogP contribution in [-0.4, -0.2) is 30.2 Å². The Morgan fingerprint density at radius 3 is 2.52 bits per heavy atom. The standard InChI is InChI=1S/C19H21ClN4O/c1-4-24(5-2)18-14-8-6-7-9-16(14)22-19(23-18)21-13-10-11-17(25-3)15(20)12-13/h6-12H,4-5H2,1-3H3,(H,21,22,23). The van der Waals surface area contributed by atoms with E-state index < -0.39 is 0 Å². The number of hydrogen-bond donors (Lipinski definition) is 1. The lowest BCUT2D eigenvalue weighted by atomic mass is 10.2. The Morgan fingerprint density at radius 1 is 1.08 bits per heavy atom. The minimum atomic E-state index is 0.539. The molecule has 0 radical (unpaired) electrons. The predicted molar refractivity (Wildman–Crippen MR) is 104 cm³/mol. The van der Waals surface area contributed by atoms with E-state index in [2.05, 4.69) is 35.1 Å². The highest BCUT2D eigenvalue weighted by atomic mass is 35.5. The number of methoxy groups -OCH3 is 1. The molecular formula is C19H21ClN4O. The van der Waals surface area contributed by atoms with Crippen molar-refractivity contribution in [1.29, 1.82) is 0 Å². The molecule has 0 bridgehead atoms. The fraction of sp³-hybridized carbons (Fsp3) is 0.263. The zero-order valence-corrected chi connectivity index (χ0v) is 15.3. The number of rotatable bonds is 6. The number of benzene rings is 2. The molecule has 1 aromatic heterocycles. The van der Waals surface area contributed by atoms with Crippen LogP contribution in [0.3, 0.4) is 0 Å². The lowest BCUT2D eigenvalue weighted by molar-refractivity contribution is 0.415. The molecule has 1 N–H and O–H groups in total. The van der Waals surface area contributed by atoms with Gasteiger partial charge in [0.2, 0.25) is 5.95 Å². The number of halogens is 1. The summed E-state index contributed by atoms with van der Waals surface area (Å²) in [7, 11) is 1.59. The van der Waals surface area contributed by atoms with Crippen molar-refractivity contribution in [3.8, 4) is 5.75 Å². The van der Waals surface area contributed by atoms with E-state index in [1.807, 2.05) is 30.3 Å². The van der Waals surface area contributed by atoms with Crippen LogP contribution in [0.4, 0.5) is 17.5 Å². The van der Waals surface area contributed by atoms with Crippen LogP contribution in [0.5, 0.6) is 5.75 Å². The maximum absolute atomic E-state index is 6.20. The Morgan fingerprint density at radius 2 is 1.84 bits per heavy atom. The van der Waals surface area contributed by atoms with Gasteiger partial charge in [-0.05, 0) is 44.2 Å². The van der Waals surface area contributed by atoms with Crippen LogP contribution in [-0.2, 0) is 0 Å². The summed E-state index contributed by atoms with van der Waals surface area (Å²) < 4.78 is 5.19. The third-order valence-corrected chi connectivity index (χ3v) is 4.35. The van der Waals surface area contributed by atoms with Crippen molar-refractivity contribution in [2.45, 2.75) is 13.8 Å². The van der Waals surface area contributed by atoms with Gasteiger partial charge in [0.25, 0.3) is 0 Å². The van der Waals surface area contributed by atoms with Gasteiger partial charge in [-0.2, -0.15) is 4.98 Å². The molecular weight excluding hydrogens is 336 g/mol. The van der Waals surface area contributed by atoms with Gasteiger partial charge in [0.1, 0.15) is 11.6 Å². The predicted octanol–water partition coefficient (Wildman–Crippen LogP) is 4.88. The molecule has 0 saturated carbocycles. The Balaban J connectivity index is 2.03. The van der Waals surface area contributed by atoms with E-state index in [9.17, 15) is 0 Å². The van der Waals surface area contributed by atoms with Crippen molar-refractivity contribution in [2.75, 3.05) is 30.4 Å². The summed E-state index contributed by atoms with van der Waals surface area (Å²) in [5, 5.41) is 4.83. The number of fused-ring (bicyclic) bond motifs is 1. The zero-order valence-electron chi connectivity index (χ0n) is 14.6. The van der Waals surface area contributed by atoms with E-state index >= 15 is 0 Å². The molecule has 0 aliphatic heterocycles. The van der Waals surface area contributed by atoms with Crippen molar-refractivity contribution in [1.82, 2.24) is 9.97 Å². The molecule has 5 nitrogen and oxygen atoms in total. The average molecular weight is 357 g/mol. The van der Waals surface area contributed by atoms with Crippen LogP contribution in [0.2, 0.25) is 5.02 Å². The molecule has 130 valence electrons. The van der Waals surface area contributed by atoms with E-state index in [0.29, 0.717) is 16.7 Å². The third kappa shape index (κ3) is 3.61. The van der Waals surface area contributed by atoms with E-state index in [0.717, 1.165) is 35.5 Å². The van der Waals surface area contributed by atoms with Gasteiger partial charge >= 0.3 is 0 Å². The second-order valence-corrected chi connectivity index (χ2v) is 5.94. The van der Waals surface area contributed by atoms with Gasteiger partial charge in [-0.15, -0.1) is 0 Å². The largest absolute Gasteiger partial charge is 0.495 e. The van der Waals surface area contributed by atoms with Crippen molar-refractivity contribution < 1.29 is 4.74 Å². The fourth-order valence-electron chi connectivity index (χ4n) is 2.75. The molecule has 6 heteroatoms. The quantitative estimate of drug-likeness (QED) is 0.682. The summed E-state index contributed by atoms with van der Waals surface area (Å²) in [5.74, 6) is 2.11. The van der Waals surface area contributed by atoms with Crippen LogP contribution in [0, 0.1) is 0 Å². The van der Waals surface area contributed by atoms with Gasteiger partial charge in [-0.3, -0.25) is 0 Å². The molecule has 0 aliphatic carbocycles. The smallest absolute Gasteiger partial charge is 0.229 e. The zero-order chi connectivity index (χ0) is 17.8. The first kappa shape index (κ1) is 17.3. The lowest BCUT2D eigenvalue weighted by Gasteiger charge is -2.22. The highest BCUT2D eigenvalue weighted by Gasteiger charge is 2.12. The molecule has 2 aromatic carbocycles. The fourth-order valence-corrected chi connectivity index (χ4v) is 3.01. The Bertz CT molecular complexity index is 880. The molecule has 0 spiro atoms. The minimum Gasteiger partial charge on any atom is -0.495 e. The van der Waals surface area contributed by atoms with Crippen molar-refractivity contribution in [3.63, 3.8) is 0 Å². The lowest BCUT2D eigenvalue weighted by Crippen LogP contribution is -2.23. The van der Waals surface area contributed by atoms with Crippen molar-refractivity contribution in [3.05, 3.63) is 47.5 Å². The van der Waals surface area contributed by atoms with Gasteiger partial charge in [-0.25, -0.2) is 4.98 Å². The van der Waals surface area contributed by atoms with Gasteiger partial charge in [0, 0.05) is 24.2 Å². The molecule has 0 aliphatic rings.